The molecule has 0 atom stereocenters. The summed E-state index contributed by atoms with van der Waals surface area (Å²) in [6.07, 6.45) is 0. The smallest absolute Gasteiger partial charge is 0.186 e. The molecule has 2 aromatic rings. The Hall–Kier alpha value is -1.35. The van der Waals surface area contributed by atoms with Crippen molar-refractivity contribution in [3.8, 4) is 5.69 Å². The second-order valence-corrected chi connectivity index (χ2v) is 3.71. The molecule has 2 nitrogen and oxygen atoms in total. The fourth-order valence-electron chi connectivity index (χ4n) is 1.30. The van der Waals surface area contributed by atoms with Crippen molar-refractivity contribution in [3.63, 3.8) is 0 Å². The molecule has 0 aliphatic rings. The third kappa shape index (κ3) is 1.42. The van der Waals surface area contributed by atoms with E-state index >= 15 is 0 Å². The van der Waals surface area contributed by atoms with Gasteiger partial charge in [-0.05, 0) is 19.1 Å². The van der Waals surface area contributed by atoms with Crippen molar-refractivity contribution in [3.05, 3.63) is 46.2 Å². The van der Waals surface area contributed by atoms with Gasteiger partial charge in [0.2, 0.25) is 0 Å². The summed E-state index contributed by atoms with van der Waals surface area (Å²) in [5.41, 5.74) is 2.17. The third-order valence-corrected chi connectivity index (χ3v) is 2.78. The van der Waals surface area contributed by atoms with Gasteiger partial charge in [-0.25, -0.2) is 0 Å². The monoisotopic (exact) mass is 190 g/mol. The zero-order valence-corrected chi connectivity index (χ0v) is 8.14. The number of aryl methyl sites for hydroxylation is 1. The van der Waals surface area contributed by atoms with Crippen LogP contribution in [0.5, 0.6) is 0 Å². The van der Waals surface area contributed by atoms with Crippen LogP contribution in [0.2, 0.25) is 0 Å². The van der Waals surface area contributed by atoms with Crippen LogP contribution < -0.4 is 4.80 Å². The Morgan fingerprint density at radius 1 is 1.23 bits per heavy atom. The molecule has 0 aliphatic carbocycles. The molecule has 0 spiro atoms. The van der Waals surface area contributed by atoms with E-state index in [0.717, 1.165) is 11.4 Å². The Balaban J connectivity index is 2.65. The molecule has 0 saturated carbocycles. The van der Waals surface area contributed by atoms with Crippen molar-refractivity contribution in [2.45, 2.75) is 6.92 Å². The highest BCUT2D eigenvalue weighted by Gasteiger charge is 2.00. The van der Waals surface area contributed by atoms with E-state index in [1.807, 2.05) is 47.2 Å². The summed E-state index contributed by atoms with van der Waals surface area (Å²) in [4.78, 5) is 0.573. The lowest BCUT2D eigenvalue weighted by Crippen LogP contribution is -2.11. The Morgan fingerprint density at radius 3 is 2.46 bits per heavy atom. The molecule has 1 aromatic carbocycles. The zero-order valence-electron chi connectivity index (χ0n) is 7.32. The Morgan fingerprint density at radius 2 is 1.92 bits per heavy atom. The molecule has 0 bridgehead atoms. The molecular weight excluding hydrogens is 180 g/mol. The van der Waals surface area contributed by atoms with Crippen molar-refractivity contribution >= 4 is 11.3 Å². The molecule has 0 fully saturated rings. The van der Waals surface area contributed by atoms with E-state index in [-0.39, 0.29) is 0 Å². The van der Waals surface area contributed by atoms with Crippen LogP contribution in [-0.4, -0.2) is 4.57 Å². The predicted molar refractivity (Wildman–Crippen MR) is 54.2 cm³/mol. The van der Waals surface area contributed by atoms with Gasteiger partial charge in [-0.2, -0.15) is 0 Å². The zero-order chi connectivity index (χ0) is 9.26. The maximum atomic E-state index is 7.71. The molecule has 0 unspecified atom stereocenters. The van der Waals surface area contributed by atoms with Crippen LogP contribution in [0.3, 0.4) is 0 Å². The van der Waals surface area contributed by atoms with Crippen molar-refractivity contribution in [2.75, 3.05) is 0 Å². The number of hydrogen-bond donors (Lipinski definition) is 1. The van der Waals surface area contributed by atoms with Gasteiger partial charge in [-0.1, -0.05) is 18.2 Å². The molecule has 3 heteroatoms. The van der Waals surface area contributed by atoms with Gasteiger partial charge in [0.25, 0.3) is 0 Å². The second-order valence-electron chi connectivity index (χ2n) is 2.85. The molecule has 66 valence electrons. The quantitative estimate of drug-likeness (QED) is 0.715. The van der Waals surface area contributed by atoms with Gasteiger partial charge >= 0.3 is 0 Å². The predicted octanol–water partition coefficient (Wildman–Crippen LogP) is 2.33. The normalized spacial score (nSPS) is 10.2. The first-order valence-electron chi connectivity index (χ1n) is 4.06. The fourth-order valence-corrected chi connectivity index (χ4v) is 2.05. The molecule has 13 heavy (non-hydrogen) atoms. The maximum Gasteiger partial charge on any atom is 0.186 e. The van der Waals surface area contributed by atoms with Crippen LogP contribution in [-0.2, 0) is 0 Å². The highest BCUT2D eigenvalue weighted by Crippen LogP contribution is 2.09. The molecule has 0 radical (unpaired) electrons. The van der Waals surface area contributed by atoms with E-state index < -0.39 is 0 Å². The summed E-state index contributed by atoms with van der Waals surface area (Å²) < 4.78 is 1.94. The summed E-state index contributed by atoms with van der Waals surface area (Å²) in [6, 6.07) is 9.97. The van der Waals surface area contributed by atoms with Crippen LogP contribution in [0.4, 0.5) is 0 Å². The Kier molecular flexibility index (Phi) is 2.02. The molecule has 1 N–H and O–H groups in total. The minimum atomic E-state index is 0.573. The van der Waals surface area contributed by atoms with Gasteiger partial charge in [0.1, 0.15) is 0 Å². The van der Waals surface area contributed by atoms with E-state index in [9.17, 15) is 0 Å². The van der Waals surface area contributed by atoms with Crippen LogP contribution in [0.25, 0.3) is 5.69 Å². The van der Waals surface area contributed by atoms with Crippen molar-refractivity contribution in [1.82, 2.24) is 4.57 Å². The van der Waals surface area contributed by atoms with Gasteiger partial charge in [-0.3, -0.25) is 9.98 Å². The Labute approximate surface area is 80.6 Å². The van der Waals surface area contributed by atoms with Crippen molar-refractivity contribution in [2.24, 2.45) is 0 Å². The average Bonchev–Trinajstić information content (AvgIpc) is 2.48. The van der Waals surface area contributed by atoms with Gasteiger partial charge in [0.15, 0.2) is 4.80 Å². The van der Waals surface area contributed by atoms with Gasteiger partial charge in [-0.15, -0.1) is 11.3 Å². The summed E-state index contributed by atoms with van der Waals surface area (Å²) in [5.74, 6) is 0. The maximum absolute atomic E-state index is 7.71. The van der Waals surface area contributed by atoms with Crippen LogP contribution in [0, 0.1) is 12.3 Å². The fraction of sp³-hybridized carbons (Fsp3) is 0.100. The first-order valence-corrected chi connectivity index (χ1v) is 4.94. The number of benzene rings is 1. The second kappa shape index (κ2) is 3.18. The number of nitrogens with zero attached hydrogens (tertiary/aromatic N) is 1. The van der Waals surface area contributed by atoms with Gasteiger partial charge < -0.3 is 0 Å². The lowest BCUT2D eigenvalue weighted by atomic mass is 10.3. The molecule has 0 amide bonds. The largest absolute Gasteiger partial charge is 0.290 e. The number of nitrogens with one attached hydrogen (secondary N) is 1. The van der Waals surface area contributed by atoms with Gasteiger partial charge in [0, 0.05) is 16.8 Å². The first-order chi connectivity index (χ1) is 6.29. The van der Waals surface area contributed by atoms with E-state index in [1.165, 1.54) is 11.3 Å². The lowest BCUT2D eigenvalue weighted by Gasteiger charge is -2.03. The van der Waals surface area contributed by atoms with Crippen molar-refractivity contribution < 1.29 is 0 Å². The third-order valence-electron chi connectivity index (χ3n) is 1.91. The highest BCUT2D eigenvalue weighted by molar-refractivity contribution is 7.07. The van der Waals surface area contributed by atoms with Crippen molar-refractivity contribution in [1.29, 1.82) is 5.41 Å². The Bertz CT molecular complexity index is 453. The van der Waals surface area contributed by atoms with Gasteiger partial charge in [0.05, 0.1) is 0 Å². The summed E-state index contributed by atoms with van der Waals surface area (Å²) in [7, 11) is 0. The molecule has 0 saturated heterocycles. The molecule has 0 aliphatic heterocycles. The molecular formula is C10H10N2S. The number of hydrogen-bond acceptors (Lipinski definition) is 2. The van der Waals surface area contributed by atoms with E-state index in [2.05, 4.69) is 0 Å². The van der Waals surface area contributed by atoms with Crippen LogP contribution >= 0.6 is 11.3 Å². The summed E-state index contributed by atoms with van der Waals surface area (Å²) in [6.45, 7) is 2.02. The minimum Gasteiger partial charge on any atom is -0.290 e. The molecule has 1 aromatic heterocycles. The number of thiazole rings is 1. The number of para-hydroxylation sites is 1. The first kappa shape index (κ1) is 8.26. The molecule has 2 rings (SSSR count). The topological polar surface area (TPSA) is 28.8 Å². The van der Waals surface area contributed by atoms with E-state index in [1.54, 1.807) is 0 Å². The SMILES string of the molecule is Cc1csc(=N)n1-c1ccccc1. The molecule has 1 heterocycles. The van der Waals surface area contributed by atoms with Crippen LogP contribution in [0.15, 0.2) is 35.7 Å². The standard InChI is InChI=1S/C10H10N2S/c1-8-7-13-10(11)12(8)9-5-3-2-4-6-9/h2-7,11H,1H3. The number of rotatable bonds is 1. The lowest BCUT2D eigenvalue weighted by molar-refractivity contribution is 0.934. The average molecular weight is 190 g/mol. The summed E-state index contributed by atoms with van der Waals surface area (Å²) >= 11 is 1.46. The van der Waals surface area contributed by atoms with E-state index in [4.69, 9.17) is 5.41 Å². The summed E-state index contributed by atoms with van der Waals surface area (Å²) in [5, 5.41) is 9.71. The van der Waals surface area contributed by atoms with Crippen LogP contribution in [0.1, 0.15) is 5.69 Å². The minimum absolute atomic E-state index is 0.573. The highest BCUT2D eigenvalue weighted by atomic mass is 32.1. The number of aromatic nitrogens is 1. The van der Waals surface area contributed by atoms with E-state index in [0.29, 0.717) is 4.80 Å².